The normalized spacial score (nSPS) is 22.7. The van der Waals surface area contributed by atoms with E-state index >= 15 is 0 Å². The van der Waals surface area contributed by atoms with E-state index in [9.17, 15) is 4.79 Å². The van der Waals surface area contributed by atoms with Crippen LogP contribution in [0.15, 0.2) is 16.7 Å². The minimum atomic E-state index is -0.402. The second-order valence-electron chi connectivity index (χ2n) is 4.45. The molecule has 0 spiro atoms. The quantitative estimate of drug-likeness (QED) is 0.823. The van der Waals surface area contributed by atoms with Gasteiger partial charge in [0.1, 0.15) is 12.0 Å². The van der Waals surface area contributed by atoms with E-state index < -0.39 is 5.97 Å². The second-order valence-corrected chi connectivity index (χ2v) is 4.45. The summed E-state index contributed by atoms with van der Waals surface area (Å²) >= 11 is 0. The molecule has 5 heteroatoms. The first-order chi connectivity index (χ1) is 8.74. The molecule has 2 unspecified atom stereocenters. The van der Waals surface area contributed by atoms with Crippen molar-refractivity contribution in [3.8, 4) is 6.07 Å². The standard InChI is InChI=1S/C13H16N2O3/c1-17-13(16)10-5-11(18-8-10)7-15-12-4-2-3-9(12)6-14/h5,8-9,12,15H,2-4,7H2,1H3. The largest absolute Gasteiger partial charge is 0.467 e. The van der Waals surface area contributed by atoms with Crippen LogP contribution in [0.4, 0.5) is 0 Å². The monoisotopic (exact) mass is 248 g/mol. The Morgan fingerprint density at radius 2 is 2.50 bits per heavy atom. The number of ether oxygens (including phenoxy) is 1. The van der Waals surface area contributed by atoms with E-state index in [1.807, 2.05) is 0 Å². The van der Waals surface area contributed by atoms with Gasteiger partial charge in [-0.2, -0.15) is 5.26 Å². The highest BCUT2D eigenvalue weighted by Crippen LogP contribution is 2.25. The summed E-state index contributed by atoms with van der Waals surface area (Å²) in [5.41, 5.74) is 0.414. The fraction of sp³-hybridized carbons (Fsp3) is 0.538. The van der Waals surface area contributed by atoms with Crippen LogP contribution in [0.2, 0.25) is 0 Å². The average Bonchev–Trinajstić information content (AvgIpc) is 3.03. The summed E-state index contributed by atoms with van der Waals surface area (Å²) < 4.78 is 9.87. The minimum absolute atomic E-state index is 0.0834. The van der Waals surface area contributed by atoms with Crippen molar-refractivity contribution < 1.29 is 13.9 Å². The predicted octanol–water partition coefficient (Wildman–Crippen LogP) is 1.85. The van der Waals surface area contributed by atoms with Crippen molar-refractivity contribution in [1.82, 2.24) is 5.32 Å². The third-order valence-corrected chi connectivity index (χ3v) is 3.30. The van der Waals surface area contributed by atoms with Crippen molar-refractivity contribution in [2.45, 2.75) is 31.8 Å². The van der Waals surface area contributed by atoms with Crippen molar-refractivity contribution in [2.24, 2.45) is 5.92 Å². The topological polar surface area (TPSA) is 75.3 Å². The van der Waals surface area contributed by atoms with Crippen molar-refractivity contribution in [3.05, 3.63) is 23.7 Å². The molecule has 2 rings (SSSR count). The SMILES string of the molecule is COC(=O)c1coc(CNC2CCCC2C#N)c1. The number of carbonyl (C=O) groups excluding carboxylic acids is 1. The summed E-state index contributed by atoms with van der Waals surface area (Å²) in [4.78, 5) is 11.2. The first-order valence-electron chi connectivity index (χ1n) is 6.03. The summed E-state index contributed by atoms with van der Waals surface area (Å²) in [5, 5.41) is 12.3. The lowest BCUT2D eigenvalue weighted by molar-refractivity contribution is 0.0600. The highest BCUT2D eigenvalue weighted by atomic mass is 16.5. The predicted molar refractivity (Wildman–Crippen MR) is 63.6 cm³/mol. The third kappa shape index (κ3) is 2.71. The second kappa shape index (κ2) is 5.69. The van der Waals surface area contributed by atoms with Crippen molar-refractivity contribution in [2.75, 3.05) is 7.11 Å². The molecule has 1 fully saturated rings. The fourth-order valence-corrected chi connectivity index (χ4v) is 2.29. The van der Waals surface area contributed by atoms with Gasteiger partial charge in [0.2, 0.25) is 0 Å². The van der Waals surface area contributed by atoms with Gasteiger partial charge in [-0.25, -0.2) is 4.79 Å². The molecule has 2 atom stereocenters. The van der Waals surface area contributed by atoms with Crippen LogP contribution >= 0.6 is 0 Å². The third-order valence-electron chi connectivity index (χ3n) is 3.30. The summed E-state index contributed by atoms with van der Waals surface area (Å²) in [6.07, 6.45) is 4.45. The van der Waals surface area contributed by atoms with E-state index in [2.05, 4.69) is 16.1 Å². The van der Waals surface area contributed by atoms with Crippen molar-refractivity contribution >= 4 is 5.97 Å². The molecule has 1 aliphatic carbocycles. The first-order valence-corrected chi connectivity index (χ1v) is 6.03. The lowest BCUT2D eigenvalue weighted by Crippen LogP contribution is -2.31. The van der Waals surface area contributed by atoms with Gasteiger partial charge in [0.15, 0.2) is 0 Å². The van der Waals surface area contributed by atoms with Gasteiger partial charge < -0.3 is 14.5 Å². The Morgan fingerprint density at radius 1 is 1.67 bits per heavy atom. The van der Waals surface area contributed by atoms with E-state index in [0.29, 0.717) is 17.9 Å². The molecule has 1 N–H and O–H groups in total. The van der Waals surface area contributed by atoms with E-state index in [1.165, 1.54) is 13.4 Å². The number of nitrogens with zero attached hydrogens (tertiary/aromatic N) is 1. The highest BCUT2D eigenvalue weighted by molar-refractivity contribution is 5.88. The Kier molecular flexibility index (Phi) is 4.00. The van der Waals surface area contributed by atoms with Crippen LogP contribution in [0, 0.1) is 17.2 Å². The zero-order valence-electron chi connectivity index (χ0n) is 10.3. The van der Waals surface area contributed by atoms with Crippen LogP contribution < -0.4 is 5.32 Å². The Hall–Kier alpha value is -1.80. The number of carbonyl (C=O) groups is 1. The maximum atomic E-state index is 11.2. The minimum Gasteiger partial charge on any atom is -0.467 e. The van der Waals surface area contributed by atoms with Gasteiger partial charge in [0.05, 0.1) is 31.2 Å². The van der Waals surface area contributed by atoms with Gasteiger partial charge in [-0.15, -0.1) is 0 Å². The number of methoxy groups -OCH3 is 1. The maximum absolute atomic E-state index is 11.2. The number of nitrogens with one attached hydrogen (secondary N) is 1. The Labute approximate surface area is 106 Å². The van der Waals surface area contributed by atoms with Gasteiger partial charge in [0.25, 0.3) is 0 Å². The number of furan rings is 1. The Balaban J connectivity index is 1.89. The molecule has 0 amide bonds. The van der Waals surface area contributed by atoms with Crippen LogP contribution in [-0.4, -0.2) is 19.1 Å². The van der Waals surface area contributed by atoms with Crippen LogP contribution in [0.25, 0.3) is 0 Å². The number of hydrogen-bond acceptors (Lipinski definition) is 5. The van der Waals surface area contributed by atoms with Crippen LogP contribution in [-0.2, 0) is 11.3 Å². The summed E-state index contributed by atoms with van der Waals surface area (Å²) in [6, 6.07) is 4.20. The van der Waals surface area contributed by atoms with Gasteiger partial charge in [-0.1, -0.05) is 6.42 Å². The number of nitriles is 1. The molecule has 1 heterocycles. The Bertz CT molecular complexity index is 461. The molecule has 0 aliphatic heterocycles. The van der Waals surface area contributed by atoms with Crippen molar-refractivity contribution in [1.29, 1.82) is 5.26 Å². The number of rotatable bonds is 4. The number of hydrogen-bond donors (Lipinski definition) is 1. The van der Waals surface area contributed by atoms with Gasteiger partial charge in [-0.3, -0.25) is 0 Å². The molecule has 0 bridgehead atoms. The number of esters is 1. The zero-order chi connectivity index (χ0) is 13.0. The first kappa shape index (κ1) is 12.7. The van der Waals surface area contributed by atoms with Crippen LogP contribution in [0.3, 0.4) is 0 Å². The van der Waals surface area contributed by atoms with E-state index in [0.717, 1.165) is 19.3 Å². The van der Waals surface area contributed by atoms with Crippen LogP contribution in [0.1, 0.15) is 35.4 Å². The summed E-state index contributed by atoms with van der Waals surface area (Å²) in [7, 11) is 1.34. The van der Waals surface area contributed by atoms with Crippen molar-refractivity contribution in [3.63, 3.8) is 0 Å². The molecule has 0 saturated heterocycles. The Morgan fingerprint density at radius 3 is 3.22 bits per heavy atom. The smallest absolute Gasteiger partial charge is 0.341 e. The van der Waals surface area contributed by atoms with Gasteiger partial charge in [-0.05, 0) is 18.9 Å². The van der Waals surface area contributed by atoms with E-state index in [-0.39, 0.29) is 12.0 Å². The zero-order valence-corrected chi connectivity index (χ0v) is 10.3. The highest BCUT2D eigenvalue weighted by Gasteiger charge is 2.26. The molecule has 96 valence electrons. The molecular weight excluding hydrogens is 232 g/mol. The maximum Gasteiger partial charge on any atom is 0.341 e. The lowest BCUT2D eigenvalue weighted by Gasteiger charge is -2.14. The fourth-order valence-electron chi connectivity index (χ4n) is 2.29. The van der Waals surface area contributed by atoms with Crippen LogP contribution in [0.5, 0.6) is 0 Å². The molecule has 1 aliphatic rings. The average molecular weight is 248 g/mol. The van der Waals surface area contributed by atoms with E-state index in [1.54, 1.807) is 6.07 Å². The summed E-state index contributed by atoms with van der Waals surface area (Å²) in [5.74, 6) is 0.361. The van der Waals surface area contributed by atoms with Gasteiger partial charge >= 0.3 is 5.97 Å². The molecule has 0 aromatic carbocycles. The lowest BCUT2D eigenvalue weighted by atomic mass is 10.1. The molecule has 18 heavy (non-hydrogen) atoms. The summed E-state index contributed by atoms with van der Waals surface area (Å²) in [6.45, 7) is 0.528. The molecule has 1 saturated carbocycles. The molecular formula is C13H16N2O3. The van der Waals surface area contributed by atoms with E-state index in [4.69, 9.17) is 9.68 Å². The molecule has 0 radical (unpaired) electrons. The molecule has 1 aromatic heterocycles. The molecule has 1 aromatic rings. The van der Waals surface area contributed by atoms with Gasteiger partial charge in [0, 0.05) is 6.04 Å². The molecule has 5 nitrogen and oxygen atoms in total.